The highest BCUT2D eigenvalue weighted by Gasteiger charge is 2.28. The lowest BCUT2D eigenvalue weighted by Crippen LogP contribution is -2.36. The first-order chi connectivity index (χ1) is 9.16. The fourth-order valence-electron chi connectivity index (χ4n) is 2.75. The maximum atomic E-state index is 11.5. The van der Waals surface area contributed by atoms with Gasteiger partial charge in [0.05, 0.1) is 0 Å². The first-order valence-electron chi connectivity index (χ1n) is 6.92. The third-order valence-electron chi connectivity index (χ3n) is 3.80. The molecule has 1 aliphatic carbocycles. The Morgan fingerprint density at radius 3 is 2.26 bits per heavy atom. The lowest BCUT2D eigenvalue weighted by molar-refractivity contribution is -0.139. The van der Waals surface area contributed by atoms with Crippen LogP contribution in [0.25, 0.3) is 0 Å². The summed E-state index contributed by atoms with van der Waals surface area (Å²) in [6, 6.07) is 7.20. The predicted molar refractivity (Wildman–Crippen MR) is 80.4 cm³/mol. The minimum atomic E-state index is -0.741. The van der Waals surface area contributed by atoms with Crippen molar-refractivity contribution in [3.05, 3.63) is 28.7 Å². The third-order valence-corrected chi connectivity index (χ3v) is 4.33. The van der Waals surface area contributed by atoms with Crippen LogP contribution < -0.4 is 5.32 Å². The van der Waals surface area contributed by atoms with Gasteiger partial charge in [0.2, 0.25) is 0 Å². The van der Waals surface area contributed by atoms with Gasteiger partial charge in [-0.1, -0.05) is 41.6 Å². The van der Waals surface area contributed by atoms with Gasteiger partial charge in [0.25, 0.3) is 0 Å². The largest absolute Gasteiger partial charge is 0.480 e. The molecule has 4 heteroatoms. The summed E-state index contributed by atoms with van der Waals surface area (Å²) in [4.78, 5) is 11.5. The van der Waals surface area contributed by atoms with Crippen molar-refractivity contribution in [2.45, 2.75) is 44.6 Å². The molecule has 0 radical (unpaired) electrons. The third kappa shape index (κ3) is 4.23. The highest BCUT2D eigenvalue weighted by Crippen LogP contribution is 2.28. The van der Waals surface area contributed by atoms with Crippen molar-refractivity contribution in [2.24, 2.45) is 5.92 Å². The molecule has 0 heterocycles. The molecule has 0 bridgehead atoms. The Bertz CT molecular complexity index is 411. The minimum Gasteiger partial charge on any atom is -0.480 e. The van der Waals surface area contributed by atoms with Crippen LogP contribution in [0.4, 0.5) is 5.69 Å². The Morgan fingerprint density at radius 2 is 1.74 bits per heavy atom. The second-order valence-corrected chi connectivity index (χ2v) is 6.13. The number of carboxylic acids is 1. The molecule has 0 aliphatic heterocycles. The van der Waals surface area contributed by atoms with Crippen LogP contribution in [0.15, 0.2) is 28.7 Å². The first-order valence-corrected chi connectivity index (χ1v) is 7.71. The first kappa shape index (κ1) is 14.4. The summed E-state index contributed by atoms with van der Waals surface area (Å²) in [6.45, 7) is 0. The summed E-state index contributed by atoms with van der Waals surface area (Å²) >= 11 is 3.38. The number of aliphatic carboxylic acids is 1. The summed E-state index contributed by atoms with van der Waals surface area (Å²) in [7, 11) is 0. The van der Waals surface area contributed by atoms with Gasteiger partial charge < -0.3 is 10.4 Å². The topological polar surface area (TPSA) is 49.3 Å². The van der Waals surface area contributed by atoms with Crippen molar-refractivity contribution in [1.29, 1.82) is 0 Å². The van der Waals surface area contributed by atoms with Gasteiger partial charge in [-0.15, -0.1) is 0 Å². The molecular weight excluding hydrogens is 306 g/mol. The van der Waals surface area contributed by atoms with E-state index in [4.69, 9.17) is 0 Å². The molecule has 104 valence electrons. The maximum Gasteiger partial charge on any atom is 0.326 e. The average Bonchev–Trinajstić information content (AvgIpc) is 2.66. The zero-order chi connectivity index (χ0) is 13.7. The van der Waals surface area contributed by atoms with Crippen molar-refractivity contribution in [2.75, 3.05) is 5.32 Å². The number of nitrogens with one attached hydrogen (secondary N) is 1. The number of rotatable bonds is 4. The van der Waals surface area contributed by atoms with Crippen LogP contribution in [0, 0.1) is 5.92 Å². The van der Waals surface area contributed by atoms with E-state index in [1.165, 1.54) is 12.8 Å². The molecule has 1 aromatic rings. The average molecular weight is 326 g/mol. The molecule has 0 saturated heterocycles. The Hall–Kier alpha value is -1.03. The summed E-state index contributed by atoms with van der Waals surface area (Å²) in [5, 5.41) is 12.6. The SMILES string of the molecule is O=C(O)C(Nc1ccc(Br)cc1)C1CCCCCC1. The Morgan fingerprint density at radius 1 is 1.16 bits per heavy atom. The van der Waals surface area contributed by atoms with Gasteiger partial charge in [0.15, 0.2) is 0 Å². The van der Waals surface area contributed by atoms with Gasteiger partial charge in [-0.05, 0) is 43.0 Å². The molecule has 0 amide bonds. The lowest BCUT2D eigenvalue weighted by Gasteiger charge is -2.24. The Labute approximate surface area is 122 Å². The number of hydrogen-bond acceptors (Lipinski definition) is 2. The summed E-state index contributed by atoms with van der Waals surface area (Å²) in [6.07, 6.45) is 6.80. The predicted octanol–water partition coefficient (Wildman–Crippen LogP) is 4.28. The molecule has 1 aromatic carbocycles. The molecule has 1 fully saturated rings. The quantitative estimate of drug-likeness (QED) is 0.812. The second-order valence-electron chi connectivity index (χ2n) is 5.22. The number of carbonyl (C=O) groups is 1. The van der Waals surface area contributed by atoms with E-state index in [2.05, 4.69) is 21.2 Å². The smallest absolute Gasteiger partial charge is 0.326 e. The van der Waals surface area contributed by atoms with Crippen LogP contribution in [-0.2, 0) is 4.79 Å². The van der Waals surface area contributed by atoms with Crippen LogP contribution in [0.3, 0.4) is 0 Å². The van der Waals surface area contributed by atoms with Crippen molar-refractivity contribution < 1.29 is 9.90 Å². The van der Waals surface area contributed by atoms with E-state index in [1.807, 2.05) is 24.3 Å². The molecular formula is C15H20BrNO2. The monoisotopic (exact) mass is 325 g/mol. The van der Waals surface area contributed by atoms with Crippen molar-refractivity contribution in [3.63, 3.8) is 0 Å². The fraction of sp³-hybridized carbons (Fsp3) is 0.533. The van der Waals surface area contributed by atoms with Gasteiger partial charge in [-0.2, -0.15) is 0 Å². The number of benzene rings is 1. The zero-order valence-electron chi connectivity index (χ0n) is 10.9. The number of hydrogen-bond donors (Lipinski definition) is 2. The van der Waals surface area contributed by atoms with Gasteiger partial charge in [0, 0.05) is 10.2 Å². The standard InChI is InChI=1S/C15H20BrNO2/c16-12-7-9-13(10-8-12)17-14(15(18)19)11-5-3-1-2-4-6-11/h7-11,14,17H,1-6H2,(H,18,19). The molecule has 0 spiro atoms. The van der Waals surface area contributed by atoms with Gasteiger partial charge in [-0.25, -0.2) is 4.79 Å². The van der Waals surface area contributed by atoms with Crippen molar-refractivity contribution in [3.8, 4) is 0 Å². The number of halogens is 1. The Kier molecular flexibility index (Phi) is 5.25. The van der Waals surface area contributed by atoms with Crippen LogP contribution in [0.5, 0.6) is 0 Å². The molecule has 3 nitrogen and oxygen atoms in total. The second kappa shape index (κ2) is 6.94. The van der Waals surface area contributed by atoms with Crippen molar-refractivity contribution in [1.82, 2.24) is 0 Å². The molecule has 0 aromatic heterocycles. The van der Waals surface area contributed by atoms with E-state index >= 15 is 0 Å². The number of carboxylic acid groups (broad SMARTS) is 1. The molecule has 1 saturated carbocycles. The minimum absolute atomic E-state index is 0.239. The van der Waals surface area contributed by atoms with Crippen LogP contribution in [0.1, 0.15) is 38.5 Å². The van der Waals surface area contributed by atoms with Crippen LogP contribution in [0.2, 0.25) is 0 Å². The molecule has 1 unspecified atom stereocenters. The van der Waals surface area contributed by atoms with Crippen LogP contribution >= 0.6 is 15.9 Å². The maximum absolute atomic E-state index is 11.5. The van der Waals surface area contributed by atoms with Crippen LogP contribution in [-0.4, -0.2) is 17.1 Å². The van der Waals surface area contributed by atoms with E-state index in [0.29, 0.717) is 0 Å². The van der Waals surface area contributed by atoms with E-state index in [0.717, 1.165) is 35.8 Å². The molecule has 1 aliphatic rings. The Balaban J connectivity index is 2.06. The molecule has 2 rings (SSSR count). The van der Waals surface area contributed by atoms with E-state index in [9.17, 15) is 9.90 Å². The van der Waals surface area contributed by atoms with Crippen molar-refractivity contribution >= 4 is 27.6 Å². The zero-order valence-corrected chi connectivity index (χ0v) is 12.5. The van der Waals surface area contributed by atoms with E-state index in [-0.39, 0.29) is 5.92 Å². The highest BCUT2D eigenvalue weighted by molar-refractivity contribution is 9.10. The van der Waals surface area contributed by atoms with E-state index < -0.39 is 12.0 Å². The van der Waals surface area contributed by atoms with Gasteiger partial charge in [-0.3, -0.25) is 0 Å². The molecule has 1 atom stereocenters. The van der Waals surface area contributed by atoms with Gasteiger partial charge in [0.1, 0.15) is 6.04 Å². The summed E-state index contributed by atoms with van der Waals surface area (Å²) in [5.41, 5.74) is 0.875. The number of anilines is 1. The molecule has 2 N–H and O–H groups in total. The summed E-state index contributed by atoms with van der Waals surface area (Å²) in [5.74, 6) is -0.501. The molecule has 19 heavy (non-hydrogen) atoms. The fourth-order valence-corrected chi connectivity index (χ4v) is 3.02. The van der Waals surface area contributed by atoms with Gasteiger partial charge >= 0.3 is 5.97 Å². The lowest BCUT2D eigenvalue weighted by atomic mass is 9.91. The normalized spacial score (nSPS) is 18.6. The summed E-state index contributed by atoms with van der Waals surface area (Å²) < 4.78 is 0.999. The van der Waals surface area contributed by atoms with E-state index in [1.54, 1.807) is 0 Å². The highest BCUT2D eigenvalue weighted by atomic mass is 79.9.